The van der Waals surface area contributed by atoms with E-state index in [-0.39, 0.29) is 24.5 Å². The van der Waals surface area contributed by atoms with Crippen molar-refractivity contribution in [1.29, 1.82) is 0 Å². The van der Waals surface area contributed by atoms with Gasteiger partial charge in [0.2, 0.25) is 0 Å². The molecule has 0 spiro atoms. The number of aromatic nitrogens is 1. The molecule has 0 bridgehead atoms. The summed E-state index contributed by atoms with van der Waals surface area (Å²) in [6.07, 6.45) is 0. The van der Waals surface area contributed by atoms with Crippen molar-refractivity contribution in [3.8, 4) is 0 Å². The molecule has 0 saturated heterocycles. The highest BCUT2D eigenvalue weighted by Gasteiger charge is 2.18. The number of pyridine rings is 1. The molecule has 0 unspecified atom stereocenters. The van der Waals surface area contributed by atoms with Gasteiger partial charge in [0.15, 0.2) is 0 Å². The van der Waals surface area contributed by atoms with Gasteiger partial charge in [-0.25, -0.2) is 4.98 Å². The van der Waals surface area contributed by atoms with E-state index in [0.717, 1.165) is 5.69 Å². The number of hydrogen-bond acceptors (Lipinski definition) is 4. The minimum absolute atomic E-state index is 0.0249. The zero-order valence-corrected chi connectivity index (χ0v) is 12.8. The smallest absolute Gasteiger partial charge is 0.251 e. The first-order valence-electron chi connectivity index (χ1n) is 6.49. The largest absolute Gasteiger partial charge is 0.394 e. The summed E-state index contributed by atoms with van der Waals surface area (Å²) in [6, 6.07) is 3.29. The Balaban J connectivity index is 2.66. The molecule has 1 aromatic rings. The number of carbonyl (C=O) groups excluding carboxylic acids is 1. The monoisotopic (exact) mass is 300 g/mol. The summed E-state index contributed by atoms with van der Waals surface area (Å²) in [5.41, 5.74) is 1.08. The standard InChI is InChI=1S/C14H21ClN2O3/c1-14(2,3)11-8-10(9-12(15)17-11)13(19)16-4-6-20-7-5-18/h8-9,18H,4-7H2,1-3H3,(H,16,19). The van der Waals surface area contributed by atoms with Crippen LogP contribution in [0.15, 0.2) is 12.1 Å². The van der Waals surface area contributed by atoms with Gasteiger partial charge < -0.3 is 15.2 Å². The molecule has 0 saturated carbocycles. The number of aliphatic hydroxyl groups is 1. The Bertz CT molecular complexity index is 458. The zero-order chi connectivity index (χ0) is 15.2. The Morgan fingerprint density at radius 1 is 1.40 bits per heavy atom. The molecule has 5 nitrogen and oxygen atoms in total. The average molecular weight is 301 g/mol. The SMILES string of the molecule is CC(C)(C)c1cc(C(=O)NCCOCCO)cc(Cl)n1. The fourth-order valence-corrected chi connectivity index (χ4v) is 1.73. The predicted octanol–water partition coefficient (Wildman–Crippen LogP) is 1.77. The molecular weight excluding hydrogens is 280 g/mol. The van der Waals surface area contributed by atoms with Crippen LogP contribution in [-0.2, 0) is 10.2 Å². The molecular formula is C14H21ClN2O3. The molecule has 2 N–H and O–H groups in total. The second-order valence-electron chi connectivity index (χ2n) is 5.41. The van der Waals surface area contributed by atoms with Gasteiger partial charge in [0, 0.05) is 23.2 Å². The van der Waals surface area contributed by atoms with Crippen molar-refractivity contribution < 1.29 is 14.6 Å². The van der Waals surface area contributed by atoms with E-state index in [2.05, 4.69) is 10.3 Å². The Labute approximate surface area is 124 Å². The summed E-state index contributed by atoms with van der Waals surface area (Å²) in [7, 11) is 0. The fraction of sp³-hybridized carbons (Fsp3) is 0.571. The Hall–Kier alpha value is -1.17. The highest BCUT2D eigenvalue weighted by molar-refractivity contribution is 6.29. The van der Waals surface area contributed by atoms with Crippen molar-refractivity contribution in [3.05, 3.63) is 28.5 Å². The van der Waals surface area contributed by atoms with Crippen LogP contribution in [0.3, 0.4) is 0 Å². The van der Waals surface area contributed by atoms with Gasteiger partial charge in [-0.1, -0.05) is 32.4 Å². The van der Waals surface area contributed by atoms with Gasteiger partial charge in [-0.05, 0) is 12.1 Å². The van der Waals surface area contributed by atoms with Crippen molar-refractivity contribution in [3.63, 3.8) is 0 Å². The highest BCUT2D eigenvalue weighted by Crippen LogP contribution is 2.23. The van der Waals surface area contributed by atoms with Crippen LogP contribution in [0, 0.1) is 0 Å². The van der Waals surface area contributed by atoms with Crippen LogP contribution in [0.2, 0.25) is 5.15 Å². The van der Waals surface area contributed by atoms with Crippen molar-refractivity contribution >= 4 is 17.5 Å². The first kappa shape index (κ1) is 16.9. The molecule has 112 valence electrons. The van der Waals surface area contributed by atoms with E-state index < -0.39 is 0 Å². The molecule has 0 fully saturated rings. The van der Waals surface area contributed by atoms with Crippen LogP contribution in [0.4, 0.5) is 0 Å². The number of ether oxygens (including phenoxy) is 1. The van der Waals surface area contributed by atoms with E-state index in [9.17, 15) is 4.79 Å². The molecule has 0 aliphatic heterocycles. The van der Waals surface area contributed by atoms with E-state index in [4.69, 9.17) is 21.4 Å². The first-order valence-corrected chi connectivity index (χ1v) is 6.87. The molecule has 0 aliphatic rings. The maximum atomic E-state index is 12.0. The number of amides is 1. The topological polar surface area (TPSA) is 71.5 Å². The van der Waals surface area contributed by atoms with Gasteiger partial charge in [0.05, 0.1) is 19.8 Å². The molecule has 1 amide bonds. The lowest BCUT2D eigenvalue weighted by Gasteiger charge is -2.18. The Kier molecular flexibility index (Phi) is 6.39. The summed E-state index contributed by atoms with van der Waals surface area (Å²) in [6.45, 7) is 7.01. The van der Waals surface area contributed by atoms with Gasteiger partial charge in [-0.2, -0.15) is 0 Å². The van der Waals surface area contributed by atoms with Gasteiger partial charge in [0.25, 0.3) is 5.91 Å². The van der Waals surface area contributed by atoms with Crippen molar-refractivity contribution in [1.82, 2.24) is 10.3 Å². The molecule has 0 aliphatic carbocycles. The first-order chi connectivity index (χ1) is 9.34. The summed E-state index contributed by atoms with van der Waals surface area (Å²) >= 11 is 5.96. The minimum Gasteiger partial charge on any atom is -0.394 e. The molecule has 0 atom stereocenters. The van der Waals surface area contributed by atoms with E-state index in [1.807, 2.05) is 20.8 Å². The van der Waals surface area contributed by atoms with Crippen LogP contribution in [0.5, 0.6) is 0 Å². The van der Waals surface area contributed by atoms with Crippen LogP contribution in [0.25, 0.3) is 0 Å². The van der Waals surface area contributed by atoms with Gasteiger partial charge in [0.1, 0.15) is 5.15 Å². The molecule has 0 aromatic carbocycles. The van der Waals surface area contributed by atoms with Gasteiger partial charge >= 0.3 is 0 Å². The lowest BCUT2D eigenvalue weighted by molar-refractivity contribution is 0.0838. The number of nitrogens with zero attached hydrogens (tertiary/aromatic N) is 1. The molecule has 1 rings (SSSR count). The number of aliphatic hydroxyl groups excluding tert-OH is 1. The number of nitrogens with one attached hydrogen (secondary N) is 1. The van der Waals surface area contributed by atoms with E-state index in [0.29, 0.717) is 23.9 Å². The number of rotatable bonds is 6. The lowest BCUT2D eigenvalue weighted by atomic mass is 9.91. The third-order valence-corrected chi connectivity index (χ3v) is 2.79. The third kappa shape index (κ3) is 5.45. The Morgan fingerprint density at radius 3 is 2.70 bits per heavy atom. The molecule has 1 aromatic heterocycles. The van der Waals surface area contributed by atoms with Crippen LogP contribution in [-0.4, -0.2) is 42.4 Å². The van der Waals surface area contributed by atoms with E-state index >= 15 is 0 Å². The summed E-state index contributed by atoms with van der Waals surface area (Å²) < 4.78 is 5.07. The third-order valence-electron chi connectivity index (χ3n) is 2.59. The molecule has 1 heterocycles. The van der Waals surface area contributed by atoms with Gasteiger partial charge in [-0.15, -0.1) is 0 Å². The summed E-state index contributed by atoms with van der Waals surface area (Å²) in [5, 5.41) is 11.6. The summed E-state index contributed by atoms with van der Waals surface area (Å²) in [4.78, 5) is 16.2. The molecule has 20 heavy (non-hydrogen) atoms. The van der Waals surface area contributed by atoms with Crippen molar-refractivity contribution in [2.45, 2.75) is 26.2 Å². The summed E-state index contributed by atoms with van der Waals surface area (Å²) in [5.74, 6) is -0.215. The lowest BCUT2D eigenvalue weighted by Crippen LogP contribution is -2.28. The fourth-order valence-electron chi connectivity index (χ4n) is 1.52. The van der Waals surface area contributed by atoms with Crippen molar-refractivity contribution in [2.75, 3.05) is 26.4 Å². The Morgan fingerprint density at radius 2 is 2.10 bits per heavy atom. The minimum atomic E-state index is -0.215. The molecule has 6 heteroatoms. The normalized spacial score (nSPS) is 11.4. The van der Waals surface area contributed by atoms with Crippen LogP contribution in [0.1, 0.15) is 36.8 Å². The second-order valence-corrected chi connectivity index (χ2v) is 5.79. The second kappa shape index (κ2) is 7.57. The highest BCUT2D eigenvalue weighted by atomic mass is 35.5. The maximum Gasteiger partial charge on any atom is 0.251 e. The van der Waals surface area contributed by atoms with E-state index in [1.54, 1.807) is 12.1 Å². The maximum absolute atomic E-state index is 12.0. The number of hydrogen-bond donors (Lipinski definition) is 2. The predicted molar refractivity (Wildman–Crippen MR) is 78.2 cm³/mol. The van der Waals surface area contributed by atoms with Crippen molar-refractivity contribution in [2.24, 2.45) is 0 Å². The average Bonchev–Trinajstić information content (AvgIpc) is 2.36. The zero-order valence-electron chi connectivity index (χ0n) is 12.1. The number of halogens is 1. The van der Waals surface area contributed by atoms with Crippen LogP contribution >= 0.6 is 11.6 Å². The van der Waals surface area contributed by atoms with Crippen LogP contribution < -0.4 is 5.32 Å². The molecule has 0 radical (unpaired) electrons. The van der Waals surface area contributed by atoms with E-state index in [1.165, 1.54) is 0 Å². The number of carbonyl (C=O) groups is 1. The van der Waals surface area contributed by atoms with Gasteiger partial charge in [-0.3, -0.25) is 4.79 Å². The quantitative estimate of drug-likeness (QED) is 0.620.